The minimum Gasteiger partial charge on any atom is -0.548 e. The summed E-state index contributed by atoms with van der Waals surface area (Å²) in [5.74, 6) is -3.00. The maximum atomic E-state index is 11.3. The summed E-state index contributed by atoms with van der Waals surface area (Å²) in [6.45, 7) is 1.14. The molecule has 92 valence electrons. The monoisotopic (exact) mass is 272 g/mol. The minimum absolute atomic E-state index is 0. The van der Waals surface area contributed by atoms with Gasteiger partial charge in [-0.3, -0.25) is 13.8 Å². The van der Waals surface area contributed by atoms with Crippen LogP contribution in [0.5, 0.6) is 0 Å². The van der Waals surface area contributed by atoms with E-state index in [9.17, 15) is 23.7 Å². The maximum absolute atomic E-state index is 11.3. The molecule has 0 saturated carbocycles. The predicted octanol–water partition coefficient (Wildman–Crippen LogP) is -6.13. The van der Waals surface area contributed by atoms with Gasteiger partial charge < -0.3 is 21.0 Å². The van der Waals surface area contributed by atoms with Crippen molar-refractivity contribution in [2.75, 3.05) is 11.5 Å². The standard InChI is InChI=1S/C8H14N2O5S.Na/c1-5(11)10-6(8(13)14)4-16(15)3-2-7(9)12;/h6H,2-4H2,1H3,(H2,9,12)(H,10,11)(H,13,14);/q;+1/p-1/t6-,16?;/m0./s1. The number of primary amides is 1. The van der Waals surface area contributed by atoms with Crippen LogP contribution in [0.1, 0.15) is 13.3 Å². The van der Waals surface area contributed by atoms with E-state index >= 15 is 0 Å². The minimum atomic E-state index is -1.54. The Morgan fingerprint density at radius 2 is 1.94 bits per heavy atom. The Balaban J connectivity index is 0. The van der Waals surface area contributed by atoms with Crippen LogP contribution in [0.15, 0.2) is 0 Å². The van der Waals surface area contributed by atoms with Gasteiger partial charge in [0, 0.05) is 35.6 Å². The van der Waals surface area contributed by atoms with Crippen molar-refractivity contribution in [1.82, 2.24) is 5.32 Å². The van der Waals surface area contributed by atoms with Crippen molar-refractivity contribution < 1.29 is 53.3 Å². The van der Waals surface area contributed by atoms with Gasteiger partial charge in [-0.05, 0) is 0 Å². The number of carboxylic acid groups (broad SMARTS) is 1. The molecule has 0 aliphatic heterocycles. The van der Waals surface area contributed by atoms with Crippen molar-refractivity contribution in [3.8, 4) is 0 Å². The van der Waals surface area contributed by atoms with E-state index in [2.05, 4.69) is 5.32 Å². The maximum Gasteiger partial charge on any atom is 1.00 e. The quantitative estimate of drug-likeness (QED) is 0.445. The van der Waals surface area contributed by atoms with Crippen LogP contribution < -0.4 is 45.7 Å². The Labute approximate surface area is 123 Å². The van der Waals surface area contributed by atoms with Gasteiger partial charge in [0.1, 0.15) is 0 Å². The molecule has 0 heterocycles. The molecular weight excluding hydrogens is 259 g/mol. The van der Waals surface area contributed by atoms with Crippen molar-refractivity contribution in [3.05, 3.63) is 0 Å². The second-order valence-electron chi connectivity index (χ2n) is 3.10. The summed E-state index contributed by atoms with van der Waals surface area (Å²) < 4.78 is 11.3. The van der Waals surface area contributed by atoms with Crippen LogP contribution in [-0.2, 0) is 25.2 Å². The summed E-state index contributed by atoms with van der Waals surface area (Å²) in [5, 5.41) is 12.6. The van der Waals surface area contributed by atoms with Gasteiger partial charge in [0.25, 0.3) is 0 Å². The fourth-order valence-corrected chi connectivity index (χ4v) is 2.08. The summed E-state index contributed by atoms with van der Waals surface area (Å²) in [6, 6.07) is -1.31. The molecule has 0 rings (SSSR count). The van der Waals surface area contributed by atoms with Gasteiger partial charge in [0.2, 0.25) is 11.8 Å². The third kappa shape index (κ3) is 10.4. The average molecular weight is 272 g/mol. The first-order valence-electron chi connectivity index (χ1n) is 4.44. The number of aliphatic carboxylic acids is 1. The number of hydrogen-bond acceptors (Lipinski definition) is 5. The molecule has 0 saturated heterocycles. The normalized spacial score (nSPS) is 13.0. The van der Waals surface area contributed by atoms with Crippen molar-refractivity contribution in [2.45, 2.75) is 19.4 Å². The summed E-state index contributed by atoms with van der Waals surface area (Å²) in [6.07, 6.45) is -0.0908. The molecule has 0 aliphatic carbocycles. The fourth-order valence-electron chi connectivity index (χ4n) is 0.898. The predicted molar refractivity (Wildman–Crippen MR) is 54.3 cm³/mol. The van der Waals surface area contributed by atoms with Gasteiger partial charge in [-0.15, -0.1) is 0 Å². The molecular formula is C8H13N2NaO5S. The molecule has 3 N–H and O–H groups in total. The van der Waals surface area contributed by atoms with Crippen molar-refractivity contribution >= 4 is 28.6 Å². The van der Waals surface area contributed by atoms with Gasteiger partial charge in [0.05, 0.1) is 12.0 Å². The number of carboxylic acids is 1. The zero-order valence-corrected chi connectivity index (χ0v) is 12.5. The van der Waals surface area contributed by atoms with Crippen LogP contribution in [0.4, 0.5) is 0 Å². The molecule has 0 spiro atoms. The third-order valence-electron chi connectivity index (χ3n) is 1.59. The van der Waals surface area contributed by atoms with Gasteiger partial charge >= 0.3 is 29.6 Å². The number of hydrogen-bond donors (Lipinski definition) is 2. The number of carbonyl (C=O) groups excluding carboxylic acids is 3. The Morgan fingerprint density at radius 1 is 1.41 bits per heavy atom. The topological polar surface area (TPSA) is 129 Å². The van der Waals surface area contributed by atoms with E-state index in [1.165, 1.54) is 0 Å². The molecule has 17 heavy (non-hydrogen) atoms. The van der Waals surface area contributed by atoms with E-state index in [4.69, 9.17) is 5.73 Å². The Kier molecular flexibility index (Phi) is 10.7. The van der Waals surface area contributed by atoms with Crippen molar-refractivity contribution in [1.29, 1.82) is 0 Å². The second-order valence-corrected chi connectivity index (χ2v) is 4.72. The van der Waals surface area contributed by atoms with E-state index < -0.39 is 34.6 Å². The molecule has 9 heteroatoms. The molecule has 0 radical (unpaired) electrons. The fraction of sp³-hybridized carbons (Fsp3) is 0.625. The van der Waals surface area contributed by atoms with Crippen LogP contribution in [-0.4, -0.2) is 39.5 Å². The SMILES string of the molecule is CC(=O)N[C@@H](CS(=O)CCC(N)=O)C(=O)[O-].[Na+]. The number of amides is 2. The van der Waals surface area contributed by atoms with Gasteiger partial charge in [-0.1, -0.05) is 0 Å². The van der Waals surface area contributed by atoms with Crippen molar-refractivity contribution in [2.24, 2.45) is 5.73 Å². The molecule has 7 nitrogen and oxygen atoms in total. The second kappa shape index (κ2) is 9.58. The van der Waals surface area contributed by atoms with Gasteiger partial charge in [-0.25, -0.2) is 0 Å². The zero-order valence-electron chi connectivity index (χ0n) is 9.73. The van der Waals surface area contributed by atoms with E-state index in [1.54, 1.807) is 0 Å². The Hall–Kier alpha value is -0.440. The van der Waals surface area contributed by atoms with E-state index in [0.717, 1.165) is 6.92 Å². The van der Waals surface area contributed by atoms with Crippen LogP contribution in [0.2, 0.25) is 0 Å². The largest absolute Gasteiger partial charge is 1.00 e. The number of rotatable bonds is 7. The zero-order chi connectivity index (χ0) is 12.7. The third-order valence-corrected chi connectivity index (χ3v) is 2.96. The molecule has 2 atom stereocenters. The van der Waals surface area contributed by atoms with Crippen LogP contribution in [0.25, 0.3) is 0 Å². The first kappa shape index (κ1) is 18.9. The Bertz CT molecular complexity index is 323. The van der Waals surface area contributed by atoms with E-state index in [-0.39, 0.29) is 47.5 Å². The molecule has 0 aliphatic rings. The average Bonchev–Trinajstić information content (AvgIpc) is 2.12. The number of nitrogens with one attached hydrogen (secondary N) is 1. The molecule has 0 aromatic carbocycles. The molecule has 0 aromatic heterocycles. The summed E-state index contributed by atoms with van der Waals surface area (Å²) in [4.78, 5) is 31.6. The van der Waals surface area contributed by atoms with Gasteiger partial charge in [-0.2, -0.15) is 0 Å². The van der Waals surface area contributed by atoms with Gasteiger partial charge in [0.15, 0.2) is 0 Å². The number of nitrogens with two attached hydrogens (primary N) is 1. The van der Waals surface area contributed by atoms with Crippen LogP contribution >= 0.6 is 0 Å². The van der Waals surface area contributed by atoms with Crippen molar-refractivity contribution in [3.63, 3.8) is 0 Å². The molecule has 0 fully saturated rings. The Morgan fingerprint density at radius 3 is 2.29 bits per heavy atom. The summed E-state index contributed by atoms with van der Waals surface area (Å²) in [7, 11) is -1.54. The molecule has 0 bridgehead atoms. The summed E-state index contributed by atoms with van der Waals surface area (Å²) >= 11 is 0. The van der Waals surface area contributed by atoms with E-state index in [1.807, 2.05) is 0 Å². The summed E-state index contributed by atoms with van der Waals surface area (Å²) in [5.41, 5.74) is 4.84. The molecule has 1 unspecified atom stereocenters. The molecule has 0 aromatic rings. The van der Waals surface area contributed by atoms with E-state index in [0.29, 0.717) is 0 Å². The smallest absolute Gasteiger partial charge is 0.548 e. The first-order valence-corrected chi connectivity index (χ1v) is 5.93. The molecule has 2 amide bonds. The van der Waals surface area contributed by atoms with Crippen LogP contribution in [0, 0.1) is 0 Å². The van der Waals surface area contributed by atoms with Crippen LogP contribution in [0.3, 0.4) is 0 Å². The first-order chi connectivity index (χ1) is 7.32. The number of carbonyl (C=O) groups is 3.